The number of hydrogen-bond acceptors (Lipinski definition) is 4. The molecule has 0 amide bonds. The summed E-state index contributed by atoms with van der Waals surface area (Å²) >= 11 is 1.72. The SMILES string of the molecule is CN(C1CCSC1)S(=O)(=O)c1c[nH]c(C(=O)O)c1. The lowest BCUT2D eigenvalue weighted by atomic mass is 10.3. The van der Waals surface area contributed by atoms with Crippen molar-refractivity contribution in [2.75, 3.05) is 18.6 Å². The molecule has 0 aliphatic carbocycles. The van der Waals surface area contributed by atoms with E-state index in [9.17, 15) is 13.2 Å². The summed E-state index contributed by atoms with van der Waals surface area (Å²) in [7, 11) is -2.07. The Labute approximate surface area is 109 Å². The summed E-state index contributed by atoms with van der Waals surface area (Å²) in [6, 6.07) is 1.14. The van der Waals surface area contributed by atoms with Crippen LogP contribution in [0.1, 0.15) is 16.9 Å². The molecule has 0 spiro atoms. The number of carbonyl (C=O) groups is 1. The van der Waals surface area contributed by atoms with Crippen LogP contribution in [0.15, 0.2) is 17.2 Å². The number of aromatic nitrogens is 1. The van der Waals surface area contributed by atoms with Gasteiger partial charge in [0.1, 0.15) is 10.6 Å². The van der Waals surface area contributed by atoms with Crippen molar-refractivity contribution in [3.05, 3.63) is 18.0 Å². The number of H-pyrrole nitrogens is 1. The van der Waals surface area contributed by atoms with E-state index in [0.29, 0.717) is 0 Å². The van der Waals surface area contributed by atoms with Gasteiger partial charge in [0.05, 0.1) is 0 Å². The Morgan fingerprint density at radius 1 is 1.61 bits per heavy atom. The Balaban J connectivity index is 2.26. The fraction of sp³-hybridized carbons (Fsp3) is 0.500. The highest BCUT2D eigenvalue weighted by Crippen LogP contribution is 2.26. The average Bonchev–Trinajstić information content (AvgIpc) is 2.99. The first kappa shape index (κ1) is 13.4. The zero-order valence-electron chi connectivity index (χ0n) is 9.79. The van der Waals surface area contributed by atoms with Crippen LogP contribution < -0.4 is 0 Å². The van der Waals surface area contributed by atoms with Gasteiger partial charge in [-0.1, -0.05) is 0 Å². The molecule has 0 bridgehead atoms. The minimum absolute atomic E-state index is 0.000648. The number of aromatic carboxylic acids is 1. The number of aromatic amines is 1. The summed E-state index contributed by atoms with van der Waals surface area (Å²) < 4.78 is 25.9. The van der Waals surface area contributed by atoms with Gasteiger partial charge < -0.3 is 10.1 Å². The van der Waals surface area contributed by atoms with Gasteiger partial charge in [0.15, 0.2) is 0 Å². The van der Waals surface area contributed by atoms with Crippen LogP contribution in [-0.2, 0) is 10.0 Å². The molecule has 8 heteroatoms. The summed E-state index contributed by atoms with van der Waals surface area (Å²) in [5.41, 5.74) is -0.122. The molecular weight excluding hydrogens is 276 g/mol. The average molecular weight is 290 g/mol. The van der Waals surface area contributed by atoms with Crippen LogP contribution in [0.25, 0.3) is 0 Å². The van der Waals surface area contributed by atoms with E-state index in [1.54, 1.807) is 18.8 Å². The number of nitrogens with zero attached hydrogens (tertiary/aromatic N) is 1. The van der Waals surface area contributed by atoms with Crippen LogP contribution in [0, 0.1) is 0 Å². The van der Waals surface area contributed by atoms with Crippen molar-refractivity contribution in [1.82, 2.24) is 9.29 Å². The quantitative estimate of drug-likeness (QED) is 0.857. The van der Waals surface area contributed by atoms with Crippen molar-refractivity contribution in [2.24, 2.45) is 0 Å². The molecule has 2 N–H and O–H groups in total. The Morgan fingerprint density at radius 2 is 2.33 bits per heavy atom. The first-order chi connectivity index (χ1) is 8.43. The minimum Gasteiger partial charge on any atom is -0.477 e. The van der Waals surface area contributed by atoms with Crippen molar-refractivity contribution in [2.45, 2.75) is 17.4 Å². The number of rotatable bonds is 4. The zero-order chi connectivity index (χ0) is 13.3. The second kappa shape index (κ2) is 4.94. The Morgan fingerprint density at radius 3 is 2.83 bits per heavy atom. The fourth-order valence-electron chi connectivity index (χ4n) is 1.82. The molecule has 1 aromatic rings. The largest absolute Gasteiger partial charge is 0.477 e. The van der Waals surface area contributed by atoms with Crippen molar-refractivity contribution >= 4 is 27.8 Å². The third kappa shape index (κ3) is 2.40. The number of carboxylic acids is 1. The normalized spacial score (nSPS) is 20.4. The highest BCUT2D eigenvalue weighted by atomic mass is 32.2. The summed E-state index contributed by atoms with van der Waals surface area (Å²) in [4.78, 5) is 13.2. The summed E-state index contributed by atoms with van der Waals surface area (Å²) in [6.07, 6.45) is 2.05. The Bertz CT molecular complexity index is 546. The minimum atomic E-state index is -3.61. The number of sulfonamides is 1. The molecule has 0 aromatic carbocycles. The van der Waals surface area contributed by atoms with E-state index in [1.807, 2.05) is 0 Å². The van der Waals surface area contributed by atoms with Gasteiger partial charge in [-0.25, -0.2) is 13.2 Å². The van der Waals surface area contributed by atoms with E-state index in [1.165, 1.54) is 10.5 Å². The number of carboxylic acid groups (broad SMARTS) is 1. The van der Waals surface area contributed by atoms with Gasteiger partial charge >= 0.3 is 5.97 Å². The van der Waals surface area contributed by atoms with Crippen LogP contribution in [0.4, 0.5) is 0 Å². The number of thioether (sulfide) groups is 1. The molecule has 100 valence electrons. The molecule has 1 fully saturated rings. The standard InChI is InChI=1S/C10H14N2O4S2/c1-12(7-2-3-17-6-7)18(15,16)8-4-9(10(13)14)11-5-8/h4-5,7,11H,2-3,6H2,1H3,(H,13,14). The van der Waals surface area contributed by atoms with Gasteiger partial charge in [-0.05, 0) is 18.2 Å². The van der Waals surface area contributed by atoms with Gasteiger partial charge in [-0.3, -0.25) is 0 Å². The number of nitrogens with one attached hydrogen (secondary N) is 1. The number of hydrogen-bond donors (Lipinski definition) is 2. The van der Waals surface area contributed by atoms with E-state index in [-0.39, 0.29) is 16.6 Å². The Kier molecular flexibility index (Phi) is 3.69. The lowest BCUT2D eigenvalue weighted by Crippen LogP contribution is -2.36. The summed E-state index contributed by atoms with van der Waals surface area (Å²) in [6.45, 7) is 0. The second-order valence-electron chi connectivity index (χ2n) is 4.09. The molecule has 0 radical (unpaired) electrons. The molecule has 1 saturated heterocycles. The molecule has 2 rings (SSSR count). The molecule has 1 aliphatic rings. The molecule has 1 atom stereocenters. The third-order valence-corrected chi connectivity index (χ3v) is 6.02. The summed E-state index contributed by atoms with van der Waals surface area (Å²) in [5, 5.41) is 8.77. The van der Waals surface area contributed by atoms with E-state index < -0.39 is 16.0 Å². The maximum atomic E-state index is 12.3. The van der Waals surface area contributed by atoms with Crippen LogP contribution in [0.3, 0.4) is 0 Å². The lowest BCUT2D eigenvalue weighted by Gasteiger charge is -2.22. The van der Waals surface area contributed by atoms with Gasteiger partial charge in [0, 0.05) is 25.0 Å². The van der Waals surface area contributed by atoms with Crippen LogP contribution in [0.2, 0.25) is 0 Å². The zero-order valence-corrected chi connectivity index (χ0v) is 11.4. The van der Waals surface area contributed by atoms with E-state index in [0.717, 1.165) is 24.0 Å². The summed E-state index contributed by atoms with van der Waals surface area (Å²) in [5.74, 6) is 0.569. The highest BCUT2D eigenvalue weighted by molar-refractivity contribution is 7.99. The fourth-order valence-corrected chi connectivity index (χ4v) is 4.56. The van der Waals surface area contributed by atoms with Gasteiger partial charge in [-0.2, -0.15) is 16.1 Å². The van der Waals surface area contributed by atoms with E-state index in [2.05, 4.69) is 4.98 Å². The molecule has 1 aromatic heterocycles. The van der Waals surface area contributed by atoms with Gasteiger partial charge in [-0.15, -0.1) is 0 Å². The van der Waals surface area contributed by atoms with Crippen LogP contribution >= 0.6 is 11.8 Å². The predicted octanol–water partition coefficient (Wildman–Crippen LogP) is 0.839. The maximum Gasteiger partial charge on any atom is 0.352 e. The molecule has 1 unspecified atom stereocenters. The first-order valence-electron chi connectivity index (χ1n) is 5.40. The van der Waals surface area contributed by atoms with Crippen molar-refractivity contribution < 1.29 is 18.3 Å². The van der Waals surface area contributed by atoms with Crippen molar-refractivity contribution in [3.8, 4) is 0 Å². The van der Waals surface area contributed by atoms with Crippen molar-refractivity contribution in [1.29, 1.82) is 0 Å². The first-order valence-corrected chi connectivity index (χ1v) is 8.00. The smallest absolute Gasteiger partial charge is 0.352 e. The topological polar surface area (TPSA) is 90.5 Å². The maximum absolute atomic E-state index is 12.3. The molecule has 0 saturated carbocycles. The van der Waals surface area contributed by atoms with Gasteiger partial charge in [0.2, 0.25) is 10.0 Å². The lowest BCUT2D eigenvalue weighted by molar-refractivity contribution is 0.0691. The van der Waals surface area contributed by atoms with Crippen LogP contribution in [0.5, 0.6) is 0 Å². The van der Waals surface area contributed by atoms with E-state index in [4.69, 9.17) is 5.11 Å². The molecule has 1 aliphatic heterocycles. The second-order valence-corrected chi connectivity index (χ2v) is 7.24. The molecular formula is C10H14N2O4S2. The third-order valence-electron chi connectivity index (χ3n) is 2.98. The molecule has 2 heterocycles. The monoisotopic (exact) mass is 290 g/mol. The Hall–Kier alpha value is -0.990. The predicted molar refractivity (Wildman–Crippen MR) is 68.4 cm³/mol. The molecule has 6 nitrogen and oxygen atoms in total. The molecule has 18 heavy (non-hydrogen) atoms. The highest BCUT2D eigenvalue weighted by Gasteiger charge is 2.31. The van der Waals surface area contributed by atoms with Gasteiger partial charge in [0.25, 0.3) is 0 Å². The van der Waals surface area contributed by atoms with E-state index >= 15 is 0 Å². The van der Waals surface area contributed by atoms with Crippen LogP contribution in [-0.4, -0.2) is 53.4 Å². The van der Waals surface area contributed by atoms with Crippen molar-refractivity contribution in [3.63, 3.8) is 0 Å².